The summed E-state index contributed by atoms with van der Waals surface area (Å²) in [6, 6.07) is 0. The van der Waals surface area contributed by atoms with Gasteiger partial charge in [0, 0.05) is 6.61 Å². The third kappa shape index (κ3) is 3.32. The molecule has 20 heavy (non-hydrogen) atoms. The van der Waals surface area contributed by atoms with Crippen LogP contribution in [-0.2, 0) is 24.3 Å². The summed E-state index contributed by atoms with van der Waals surface area (Å²) >= 11 is 0. The van der Waals surface area contributed by atoms with Gasteiger partial charge < -0.3 is 9.47 Å². The Morgan fingerprint density at radius 1 is 1.35 bits per heavy atom. The number of hydrogen-bond donors (Lipinski definition) is 1. The van der Waals surface area contributed by atoms with Crippen LogP contribution in [0.5, 0.6) is 0 Å². The second-order valence-corrected chi connectivity index (χ2v) is 7.86. The molecule has 0 amide bonds. The summed E-state index contributed by atoms with van der Waals surface area (Å²) in [4.78, 5) is 11.7. The van der Waals surface area contributed by atoms with Gasteiger partial charge in [0.1, 0.15) is 0 Å². The molecule has 3 unspecified atom stereocenters. The monoisotopic (exact) mass is 305 g/mol. The normalized spacial score (nSPS) is 34.9. The van der Waals surface area contributed by atoms with Crippen molar-refractivity contribution in [1.29, 1.82) is 0 Å². The Balaban J connectivity index is 2.11. The van der Waals surface area contributed by atoms with Crippen LogP contribution in [0.3, 0.4) is 0 Å². The molecule has 2 rings (SSSR count). The Morgan fingerprint density at radius 2 is 2.10 bits per heavy atom. The quantitative estimate of drug-likeness (QED) is 0.778. The highest BCUT2D eigenvalue weighted by atomic mass is 32.2. The van der Waals surface area contributed by atoms with Crippen molar-refractivity contribution < 1.29 is 22.7 Å². The van der Waals surface area contributed by atoms with Gasteiger partial charge >= 0.3 is 5.97 Å². The van der Waals surface area contributed by atoms with Gasteiger partial charge in [0.25, 0.3) is 0 Å². The van der Waals surface area contributed by atoms with E-state index < -0.39 is 32.7 Å². The molecule has 1 heterocycles. The average molecular weight is 305 g/mol. The van der Waals surface area contributed by atoms with Crippen LogP contribution in [0.2, 0.25) is 0 Å². The molecule has 1 saturated heterocycles. The second kappa shape index (κ2) is 5.99. The largest absolute Gasteiger partial charge is 0.469 e. The zero-order valence-electron chi connectivity index (χ0n) is 12.1. The average Bonchev–Trinajstić information content (AvgIpc) is 2.87. The number of carbonyl (C=O) groups is 1. The van der Waals surface area contributed by atoms with Crippen molar-refractivity contribution in [3.05, 3.63) is 0 Å². The molecule has 0 radical (unpaired) electrons. The van der Waals surface area contributed by atoms with E-state index in [2.05, 4.69) is 4.72 Å². The lowest BCUT2D eigenvalue weighted by Gasteiger charge is -2.35. The molecule has 3 atom stereocenters. The van der Waals surface area contributed by atoms with Crippen molar-refractivity contribution in [2.75, 3.05) is 20.3 Å². The summed E-state index contributed by atoms with van der Waals surface area (Å²) in [6.07, 6.45) is 3.40. The van der Waals surface area contributed by atoms with Crippen LogP contribution in [-0.4, -0.2) is 45.5 Å². The molecular weight excluding hydrogens is 282 g/mol. The van der Waals surface area contributed by atoms with E-state index in [1.165, 1.54) is 7.11 Å². The van der Waals surface area contributed by atoms with Gasteiger partial charge in [-0.3, -0.25) is 4.79 Å². The summed E-state index contributed by atoms with van der Waals surface area (Å²) in [5.41, 5.74) is -0.569. The van der Waals surface area contributed by atoms with Gasteiger partial charge in [0.15, 0.2) is 0 Å². The van der Waals surface area contributed by atoms with E-state index >= 15 is 0 Å². The van der Waals surface area contributed by atoms with Crippen molar-refractivity contribution in [2.24, 2.45) is 5.92 Å². The van der Waals surface area contributed by atoms with Gasteiger partial charge in [0.2, 0.25) is 10.0 Å². The molecular formula is C13H23NO5S. The van der Waals surface area contributed by atoms with Crippen molar-refractivity contribution in [1.82, 2.24) is 4.72 Å². The third-order valence-electron chi connectivity index (χ3n) is 4.18. The first-order valence-corrected chi connectivity index (χ1v) is 8.61. The van der Waals surface area contributed by atoms with E-state index in [1.807, 2.05) is 6.92 Å². The van der Waals surface area contributed by atoms with Crippen LogP contribution < -0.4 is 4.72 Å². The van der Waals surface area contributed by atoms with E-state index in [4.69, 9.17) is 9.47 Å². The zero-order valence-corrected chi connectivity index (χ0v) is 12.9. The molecule has 116 valence electrons. The van der Waals surface area contributed by atoms with E-state index in [9.17, 15) is 13.2 Å². The third-order valence-corrected chi connectivity index (χ3v) is 6.32. The van der Waals surface area contributed by atoms with E-state index in [-0.39, 0.29) is 0 Å². The smallest absolute Gasteiger partial charge is 0.310 e. The summed E-state index contributed by atoms with van der Waals surface area (Å²) < 4.78 is 38.0. The highest BCUT2D eigenvalue weighted by molar-refractivity contribution is 7.90. The van der Waals surface area contributed by atoms with Crippen LogP contribution in [0.4, 0.5) is 0 Å². The Hall–Kier alpha value is -0.660. The number of methoxy groups -OCH3 is 1. The minimum atomic E-state index is -3.55. The first-order valence-electron chi connectivity index (χ1n) is 7.06. The van der Waals surface area contributed by atoms with Crippen LogP contribution in [0, 0.1) is 5.92 Å². The maximum Gasteiger partial charge on any atom is 0.310 e. The molecule has 6 nitrogen and oxygen atoms in total. The van der Waals surface area contributed by atoms with Gasteiger partial charge in [-0.1, -0.05) is 6.42 Å². The lowest BCUT2D eigenvalue weighted by Crippen LogP contribution is -2.54. The molecule has 0 bridgehead atoms. The zero-order chi connectivity index (χ0) is 14.8. The lowest BCUT2D eigenvalue weighted by molar-refractivity contribution is -0.145. The van der Waals surface area contributed by atoms with Crippen molar-refractivity contribution in [3.63, 3.8) is 0 Å². The highest BCUT2D eigenvalue weighted by Gasteiger charge is 2.45. The molecule has 7 heteroatoms. The number of nitrogens with one attached hydrogen (secondary N) is 1. The molecule has 2 aliphatic rings. The summed E-state index contributed by atoms with van der Waals surface area (Å²) in [5.74, 6) is -0.978. The van der Waals surface area contributed by atoms with Crippen LogP contribution >= 0.6 is 0 Å². The SMILES string of the molecule is COC(=O)C1CCCC1S(=O)(=O)NC1(C)CCCOC1. The fourth-order valence-electron chi connectivity index (χ4n) is 3.15. The number of ether oxygens (including phenoxy) is 2. The Kier molecular flexibility index (Phi) is 4.71. The molecule has 0 aromatic rings. The predicted octanol–water partition coefficient (Wildman–Crippen LogP) is 0.817. The van der Waals surface area contributed by atoms with Crippen LogP contribution in [0.1, 0.15) is 39.0 Å². The van der Waals surface area contributed by atoms with Crippen molar-refractivity contribution in [3.8, 4) is 0 Å². The number of sulfonamides is 1. The number of carbonyl (C=O) groups excluding carboxylic acids is 1. The van der Waals surface area contributed by atoms with E-state index in [0.29, 0.717) is 26.1 Å². The van der Waals surface area contributed by atoms with Gasteiger partial charge in [-0.2, -0.15) is 0 Å². The predicted molar refractivity (Wildman–Crippen MR) is 73.7 cm³/mol. The summed E-state index contributed by atoms with van der Waals surface area (Å²) in [6.45, 7) is 2.90. The second-order valence-electron chi connectivity index (χ2n) is 5.96. The van der Waals surface area contributed by atoms with Gasteiger partial charge in [-0.15, -0.1) is 0 Å². The van der Waals surface area contributed by atoms with Gasteiger partial charge in [-0.25, -0.2) is 13.1 Å². The first kappa shape index (κ1) is 15.7. The molecule has 0 aromatic carbocycles. The first-order chi connectivity index (χ1) is 9.38. The fraction of sp³-hybridized carbons (Fsp3) is 0.923. The highest BCUT2D eigenvalue weighted by Crippen LogP contribution is 2.33. The van der Waals surface area contributed by atoms with Crippen LogP contribution in [0.25, 0.3) is 0 Å². The number of hydrogen-bond acceptors (Lipinski definition) is 5. The molecule has 0 aromatic heterocycles. The Labute approximate surface area is 120 Å². The van der Waals surface area contributed by atoms with Crippen molar-refractivity contribution in [2.45, 2.75) is 49.8 Å². The lowest BCUT2D eigenvalue weighted by atomic mass is 9.97. The number of esters is 1. The molecule has 1 aliphatic heterocycles. The van der Waals surface area contributed by atoms with E-state index in [1.54, 1.807) is 0 Å². The molecule has 1 N–H and O–H groups in total. The summed E-state index contributed by atoms with van der Waals surface area (Å²) in [5, 5.41) is -0.686. The minimum Gasteiger partial charge on any atom is -0.469 e. The van der Waals surface area contributed by atoms with Gasteiger partial charge in [0.05, 0.1) is 30.4 Å². The maximum atomic E-state index is 12.6. The molecule has 1 saturated carbocycles. The van der Waals surface area contributed by atoms with E-state index in [0.717, 1.165) is 19.3 Å². The molecule has 0 spiro atoms. The standard InChI is InChI=1S/C13H23NO5S/c1-13(7-4-8-19-9-13)14-20(16,17)11-6-3-5-10(11)12(15)18-2/h10-11,14H,3-9H2,1-2H3. The summed E-state index contributed by atoms with van der Waals surface area (Å²) in [7, 11) is -2.25. The van der Waals surface area contributed by atoms with Crippen molar-refractivity contribution >= 4 is 16.0 Å². The topological polar surface area (TPSA) is 81.7 Å². The minimum absolute atomic E-state index is 0.377. The fourth-order valence-corrected chi connectivity index (χ4v) is 5.31. The molecule has 1 aliphatic carbocycles. The Bertz CT molecular complexity index is 455. The number of rotatable bonds is 4. The maximum absolute atomic E-state index is 12.6. The molecule has 2 fully saturated rings. The Morgan fingerprint density at radius 3 is 2.70 bits per heavy atom. The van der Waals surface area contributed by atoms with Gasteiger partial charge in [-0.05, 0) is 32.6 Å². The van der Waals surface area contributed by atoms with Crippen LogP contribution in [0.15, 0.2) is 0 Å².